The number of carboxylic acids is 1. The van der Waals surface area contributed by atoms with Gasteiger partial charge in [0.05, 0.1) is 12.5 Å². The smallest absolute Gasteiger partial charge is 0.303 e. The Morgan fingerprint density at radius 1 is 1.25 bits per heavy atom. The summed E-state index contributed by atoms with van der Waals surface area (Å²) >= 11 is 0. The number of hydrogen-bond acceptors (Lipinski definition) is 3. The highest BCUT2D eigenvalue weighted by Gasteiger charge is 2.12. The van der Waals surface area contributed by atoms with Gasteiger partial charge in [-0.1, -0.05) is 18.2 Å². The summed E-state index contributed by atoms with van der Waals surface area (Å²) in [6.07, 6.45) is 3.50. The van der Waals surface area contributed by atoms with Crippen LogP contribution in [-0.2, 0) is 4.79 Å². The fourth-order valence-electron chi connectivity index (χ4n) is 1.79. The molecule has 6 nitrogen and oxygen atoms in total. The van der Waals surface area contributed by atoms with E-state index in [4.69, 9.17) is 5.11 Å². The number of aromatic nitrogens is 2. The SMILES string of the molecule is O=C(O)CCCNC(=O)c1cncn1-c1ccccc1. The van der Waals surface area contributed by atoms with Crippen LogP contribution in [0.3, 0.4) is 0 Å². The second-order valence-electron chi connectivity index (χ2n) is 4.24. The fourth-order valence-corrected chi connectivity index (χ4v) is 1.79. The van der Waals surface area contributed by atoms with Gasteiger partial charge in [0.2, 0.25) is 0 Å². The first-order chi connectivity index (χ1) is 9.68. The van der Waals surface area contributed by atoms with Crippen molar-refractivity contribution < 1.29 is 14.7 Å². The van der Waals surface area contributed by atoms with Crippen molar-refractivity contribution >= 4 is 11.9 Å². The number of amides is 1. The molecule has 104 valence electrons. The number of para-hydroxylation sites is 1. The first-order valence-corrected chi connectivity index (χ1v) is 6.26. The van der Waals surface area contributed by atoms with Gasteiger partial charge in [-0.05, 0) is 18.6 Å². The maximum absolute atomic E-state index is 12.0. The highest BCUT2D eigenvalue weighted by atomic mass is 16.4. The molecule has 0 bridgehead atoms. The van der Waals surface area contributed by atoms with Crippen molar-refractivity contribution in [3.8, 4) is 5.69 Å². The zero-order valence-corrected chi connectivity index (χ0v) is 10.8. The first kappa shape index (κ1) is 13.8. The van der Waals surface area contributed by atoms with E-state index >= 15 is 0 Å². The van der Waals surface area contributed by atoms with Crippen molar-refractivity contribution in [2.45, 2.75) is 12.8 Å². The highest BCUT2D eigenvalue weighted by Crippen LogP contribution is 2.10. The molecule has 0 unspecified atom stereocenters. The second kappa shape index (κ2) is 6.51. The van der Waals surface area contributed by atoms with Gasteiger partial charge in [0, 0.05) is 18.7 Å². The van der Waals surface area contributed by atoms with E-state index in [-0.39, 0.29) is 12.3 Å². The topological polar surface area (TPSA) is 84.2 Å². The molecule has 0 fully saturated rings. The van der Waals surface area contributed by atoms with Gasteiger partial charge in [0.15, 0.2) is 0 Å². The monoisotopic (exact) mass is 273 g/mol. The molecule has 2 N–H and O–H groups in total. The zero-order chi connectivity index (χ0) is 14.4. The van der Waals surface area contributed by atoms with Crippen LogP contribution in [0.5, 0.6) is 0 Å². The second-order valence-corrected chi connectivity index (χ2v) is 4.24. The number of carbonyl (C=O) groups excluding carboxylic acids is 1. The lowest BCUT2D eigenvalue weighted by molar-refractivity contribution is -0.137. The van der Waals surface area contributed by atoms with Crippen LogP contribution in [0.4, 0.5) is 0 Å². The predicted molar refractivity (Wildman–Crippen MR) is 72.8 cm³/mol. The van der Waals surface area contributed by atoms with E-state index in [0.29, 0.717) is 18.7 Å². The molecule has 1 aromatic heterocycles. The predicted octanol–water partition coefficient (Wildman–Crippen LogP) is 1.47. The van der Waals surface area contributed by atoms with Crippen molar-refractivity contribution in [3.63, 3.8) is 0 Å². The molecular formula is C14H15N3O3. The largest absolute Gasteiger partial charge is 0.481 e. The highest BCUT2D eigenvalue weighted by molar-refractivity contribution is 5.93. The molecule has 1 heterocycles. The molecule has 20 heavy (non-hydrogen) atoms. The number of carbonyl (C=O) groups is 2. The van der Waals surface area contributed by atoms with E-state index in [0.717, 1.165) is 5.69 Å². The molecule has 0 spiro atoms. The van der Waals surface area contributed by atoms with Crippen LogP contribution < -0.4 is 5.32 Å². The van der Waals surface area contributed by atoms with Crippen LogP contribution in [0.25, 0.3) is 5.69 Å². The Hall–Kier alpha value is -2.63. The number of nitrogens with one attached hydrogen (secondary N) is 1. The summed E-state index contributed by atoms with van der Waals surface area (Å²) in [5, 5.41) is 11.2. The molecule has 0 aliphatic heterocycles. The summed E-state index contributed by atoms with van der Waals surface area (Å²) in [6, 6.07) is 9.41. The van der Waals surface area contributed by atoms with Gasteiger partial charge in [-0.3, -0.25) is 14.2 Å². The van der Waals surface area contributed by atoms with Gasteiger partial charge in [0.1, 0.15) is 5.69 Å². The molecule has 0 aliphatic rings. The number of hydrogen-bond donors (Lipinski definition) is 2. The van der Waals surface area contributed by atoms with E-state index in [1.807, 2.05) is 30.3 Å². The van der Waals surface area contributed by atoms with Gasteiger partial charge >= 0.3 is 5.97 Å². The van der Waals surface area contributed by atoms with Gasteiger partial charge < -0.3 is 10.4 Å². The zero-order valence-electron chi connectivity index (χ0n) is 10.8. The third-order valence-electron chi connectivity index (χ3n) is 2.76. The van der Waals surface area contributed by atoms with E-state index in [1.54, 1.807) is 10.9 Å². The lowest BCUT2D eigenvalue weighted by Gasteiger charge is -2.08. The van der Waals surface area contributed by atoms with Crippen LogP contribution in [0, 0.1) is 0 Å². The number of carboxylic acid groups (broad SMARTS) is 1. The van der Waals surface area contributed by atoms with Gasteiger partial charge in [0.25, 0.3) is 5.91 Å². The minimum absolute atomic E-state index is 0.0399. The summed E-state index contributed by atoms with van der Waals surface area (Å²) in [6.45, 7) is 0.325. The summed E-state index contributed by atoms with van der Waals surface area (Å²) in [5.41, 5.74) is 1.27. The molecule has 0 atom stereocenters. The third kappa shape index (κ3) is 3.44. The van der Waals surface area contributed by atoms with Crippen molar-refractivity contribution in [1.82, 2.24) is 14.9 Å². The minimum Gasteiger partial charge on any atom is -0.481 e. The Balaban J connectivity index is 2.01. The van der Waals surface area contributed by atoms with Crippen molar-refractivity contribution in [3.05, 3.63) is 48.5 Å². The first-order valence-electron chi connectivity index (χ1n) is 6.26. The summed E-state index contributed by atoms with van der Waals surface area (Å²) in [7, 11) is 0. The quantitative estimate of drug-likeness (QED) is 0.780. The Labute approximate surface area is 116 Å². The van der Waals surface area contributed by atoms with Gasteiger partial charge in [-0.25, -0.2) is 4.98 Å². The van der Waals surface area contributed by atoms with Crippen molar-refractivity contribution in [1.29, 1.82) is 0 Å². The number of benzene rings is 1. The van der Waals surface area contributed by atoms with Crippen molar-refractivity contribution in [2.24, 2.45) is 0 Å². The van der Waals surface area contributed by atoms with Crippen LogP contribution in [0.1, 0.15) is 23.3 Å². The molecule has 1 aromatic carbocycles. The maximum Gasteiger partial charge on any atom is 0.303 e. The van der Waals surface area contributed by atoms with E-state index in [9.17, 15) is 9.59 Å². The molecule has 0 saturated carbocycles. The lowest BCUT2D eigenvalue weighted by atomic mass is 10.3. The van der Waals surface area contributed by atoms with Crippen molar-refractivity contribution in [2.75, 3.05) is 6.54 Å². The van der Waals surface area contributed by atoms with Gasteiger partial charge in [-0.2, -0.15) is 0 Å². The van der Waals surface area contributed by atoms with E-state index in [1.165, 1.54) is 6.20 Å². The standard InChI is InChI=1S/C14H15N3O3/c18-13(19)7-4-8-16-14(20)12-9-15-10-17(12)11-5-2-1-3-6-11/h1-3,5-6,9-10H,4,7-8H2,(H,16,20)(H,18,19). The van der Waals surface area contributed by atoms with Gasteiger partial charge in [-0.15, -0.1) is 0 Å². The number of aliphatic carboxylic acids is 1. The summed E-state index contributed by atoms with van der Waals surface area (Å²) < 4.78 is 1.69. The van der Waals surface area contributed by atoms with Crippen LogP contribution in [-0.4, -0.2) is 33.1 Å². The normalized spacial score (nSPS) is 10.2. The molecular weight excluding hydrogens is 258 g/mol. The molecule has 0 aliphatic carbocycles. The van der Waals surface area contributed by atoms with Crippen LogP contribution >= 0.6 is 0 Å². The molecule has 0 saturated heterocycles. The minimum atomic E-state index is -0.867. The summed E-state index contributed by atoms with van der Waals surface area (Å²) in [5.74, 6) is -1.13. The number of nitrogens with zero attached hydrogens (tertiary/aromatic N) is 2. The molecule has 6 heteroatoms. The Morgan fingerprint density at radius 2 is 2.00 bits per heavy atom. The molecule has 1 amide bonds. The Morgan fingerprint density at radius 3 is 2.70 bits per heavy atom. The number of rotatable bonds is 6. The Bertz CT molecular complexity index is 593. The van der Waals surface area contributed by atoms with Crippen LogP contribution in [0.2, 0.25) is 0 Å². The lowest BCUT2D eigenvalue weighted by Crippen LogP contribution is -2.26. The molecule has 2 aromatic rings. The van der Waals surface area contributed by atoms with E-state index in [2.05, 4.69) is 10.3 Å². The third-order valence-corrected chi connectivity index (χ3v) is 2.76. The fraction of sp³-hybridized carbons (Fsp3) is 0.214. The molecule has 0 radical (unpaired) electrons. The van der Waals surface area contributed by atoms with E-state index < -0.39 is 5.97 Å². The Kier molecular flexibility index (Phi) is 4.49. The maximum atomic E-state index is 12.0. The summed E-state index contributed by atoms with van der Waals surface area (Å²) in [4.78, 5) is 26.4. The number of imidazole rings is 1. The average Bonchev–Trinajstić information content (AvgIpc) is 2.93. The average molecular weight is 273 g/mol. The molecule has 2 rings (SSSR count). The van der Waals surface area contributed by atoms with Crippen LogP contribution in [0.15, 0.2) is 42.9 Å².